The van der Waals surface area contributed by atoms with Crippen LogP contribution in [0.1, 0.15) is 32.6 Å². The molecule has 12 N–H and O–H groups in total. The fourth-order valence-electron chi connectivity index (χ4n) is 2.37. The normalized spacial score (nSPS) is 14.2. The molecule has 0 aliphatic rings. The standard InChI is InChI=1S/C17H31N7O8/c1-8(25)13(16(31)32)24-11(26)7-22-15(30)10(4-5-12(27)28)23-14(29)9(18)3-2-6-21-17(19)20/h8-10,13,25H,2-7,18H2,1H3,(H,22,30)(H,23,29)(H,24,26)(H,27,28)(H,31,32)(H4,19,20,21). The average Bonchev–Trinajstić information content (AvgIpc) is 2.69. The van der Waals surface area contributed by atoms with E-state index in [9.17, 15) is 29.1 Å². The van der Waals surface area contributed by atoms with E-state index in [0.717, 1.165) is 6.92 Å². The molecule has 0 aliphatic heterocycles. The molecule has 0 fully saturated rings. The van der Waals surface area contributed by atoms with Gasteiger partial charge in [-0.15, -0.1) is 0 Å². The van der Waals surface area contributed by atoms with E-state index in [1.54, 1.807) is 0 Å². The second-order valence-electron chi connectivity index (χ2n) is 6.89. The highest BCUT2D eigenvalue weighted by molar-refractivity contribution is 5.92. The summed E-state index contributed by atoms with van der Waals surface area (Å²) in [7, 11) is 0. The van der Waals surface area contributed by atoms with Crippen LogP contribution < -0.4 is 33.2 Å². The van der Waals surface area contributed by atoms with Gasteiger partial charge < -0.3 is 48.5 Å². The molecule has 0 radical (unpaired) electrons. The van der Waals surface area contributed by atoms with Crippen LogP contribution in [0.3, 0.4) is 0 Å². The highest BCUT2D eigenvalue weighted by Crippen LogP contribution is 2.02. The van der Waals surface area contributed by atoms with Crippen molar-refractivity contribution in [1.82, 2.24) is 16.0 Å². The number of aliphatic hydroxyl groups excluding tert-OH is 1. The minimum absolute atomic E-state index is 0.111. The molecule has 0 aliphatic carbocycles. The Morgan fingerprint density at radius 1 is 1.00 bits per heavy atom. The van der Waals surface area contributed by atoms with Crippen LogP contribution in [0.15, 0.2) is 4.99 Å². The Hall–Kier alpha value is -3.46. The van der Waals surface area contributed by atoms with Gasteiger partial charge in [0, 0.05) is 13.0 Å². The number of guanidine groups is 1. The fraction of sp³-hybridized carbons (Fsp3) is 0.647. The minimum Gasteiger partial charge on any atom is -0.481 e. The minimum atomic E-state index is -1.58. The Labute approximate surface area is 183 Å². The first kappa shape index (κ1) is 28.5. The van der Waals surface area contributed by atoms with Crippen LogP contribution in [-0.2, 0) is 24.0 Å². The molecule has 0 bridgehead atoms. The molecule has 0 saturated carbocycles. The zero-order valence-electron chi connectivity index (χ0n) is 17.6. The monoisotopic (exact) mass is 461 g/mol. The highest BCUT2D eigenvalue weighted by atomic mass is 16.4. The molecule has 15 heteroatoms. The quantitative estimate of drug-likeness (QED) is 0.0640. The Morgan fingerprint density at radius 2 is 1.62 bits per heavy atom. The van der Waals surface area contributed by atoms with Gasteiger partial charge >= 0.3 is 11.9 Å². The number of amides is 3. The van der Waals surface area contributed by atoms with Gasteiger partial charge in [0.15, 0.2) is 12.0 Å². The van der Waals surface area contributed by atoms with Crippen molar-refractivity contribution in [1.29, 1.82) is 0 Å². The van der Waals surface area contributed by atoms with Gasteiger partial charge in [0.05, 0.1) is 18.7 Å². The van der Waals surface area contributed by atoms with Crippen LogP contribution in [0.25, 0.3) is 0 Å². The maximum atomic E-state index is 12.4. The van der Waals surface area contributed by atoms with E-state index in [1.807, 2.05) is 5.32 Å². The molecule has 4 atom stereocenters. The van der Waals surface area contributed by atoms with Gasteiger partial charge in [-0.3, -0.25) is 24.2 Å². The topological polar surface area (TPSA) is 273 Å². The second kappa shape index (κ2) is 14.5. The van der Waals surface area contributed by atoms with Gasteiger partial charge in [-0.2, -0.15) is 0 Å². The average molecular weight is 461 g/mol. The summed E-state index contributed by atoms with van der Waals surface area (Å²) < 4.78 is 0. The largest absolute Gasteiger partial charge is 0.481 e. The Bertz CT molecular complexity index is 709. The number of nitrogens with zero attached hydrogens (tertiary/aromatic N) is 1. The number of aliphatic hydroxyl groups is 1. The molecule has 0 aromatic heterocycles. The Balaban J connectivity index is 4.87. The number of nitrogens with one attached hydrogen (secondary N) is 3. The number of carboxylic acid groups (broad SMARTS) is 2. The van der Waals surface area contributed by atoms with Crippen molar-refractivity contribution < 1.29 is 39.3 Å². The number of hydrogen-bond donors (Lipinski definition) is 9. The molecule has 182 valence electrons. The predicted molar refractivity (Wildman–Crippen MR) is 111 cm³/mol. The number of rotatable bonds is 15. The number of carbonyl (C=O) groups is 5. The van der Waals surface area contributed by atoms with Gasteiger partial charge in [0.25, 0.3) is 0 Å². The van der Waals surface area contributed by atoms with Crippen molar-refractivity contribution in [2.45, 2.75) is 56.8 Å². The van der Waals surface area contributed by atoms with Crippen LogP contribution in [-0.4, -0.2) is 88.3 Å². The zero-order chi connectivity index (χ0) is 24.8. The predicted octanol–water partition coefficient (Wildman–Crippen LogP) is -4.22. The number of aliphatic imine (C=N–C) groups is 1. The van der Waals surface area contributed by atoms with Gasteiger partial charge in [-0.05, 0) is 26.2 Å². The molecular weight excluding hydrogens is 430 g/mol. The third-order valence-electron chi connectivity index (χ3n) is 4.07. The second-order valence-corrected chi connectivity index (χ2v) is 6.89. The lowest BCUT2D eigenvalue weighted by Crippen LogP contribution is -2.54. The highest BCUT2D eigenvalue weighted by Gasteiger charge is 2.27. The van der Waals surface area contributed by atoms with Gasteiger partial charge in [0.1, 0.15) is 6.04 Å². The summed E-state index contributed by atoms with van der Waals surface area (Å²) >= 11 is 0. The summed E-state index contributed by atoms with van der Waals surface area (Å²) in [6.07, 6.45) is -1.54. The number of carbonyl (C=O) groups excluding carboxylic acids is 3. The van der Waals surface area contributed by atoms with E-state index in [4.69, 9.17) is 27.4 Å². The van der Waals surface area contributed by atoms with Crippen LogP contribution >= 0.6 is 0 Å². The molecule has 0 saturated heterocycles. The molecule has 4 unspecified atom stereocenters. The van der Waals surface area contributed by atoms with Crippen LogP contribution in [0.4, 0.5) is 0 Å². The molecular formula is C17H31N7O8. The van der Waals surface area contributed by atoms with Gasteiger partial charge in [-0.1, -0.05) is 0 Å². The first-order valence-electron chi connectivity index (χ1n) is 9.66. The summed E-state index contributed by atoms with van der Waals surface area (Å²) in [6.45, 7) is 0.736. The van der Waals surface area contributed by atoms with E-state index < -0.39 is 66.9 Å². The lowest BCUT2D eigenvalue weighted by atomic mass is 10.1. The van der Waals surface area contributed by atoms with Crippen molar-refractivity contribution in [3.63, 3.8) is 0 Å². The Morgan fingerprint density at radius 3 is 2.12 bits per heavy atom. The first-order chi connectivity index (χ1) is 14.8. The third-order valence-corrected chi connectivity index (χ3v) is 4.07. The summed E-state index contributed by atoms with van der Waals surface area (Å²) in [5, 5.41) is 33.7. The van der Waals surface area contributed by atoms with Crippen molar-refractivity contribution >= 4 is 35.6 Å². The molecule has 0 heterocycles. The summed E-state index contributed by atoms with van der Waals surface area (Å²) in [4.78, 5) is 62.0. The van der Waals surface area contributed by atoms with Crippen molar-refractivity contribution in [2.24, 2.45) is 22.2 Å². The number of aliphatic carboxylic acids is 2. The van der Waals surface area contributed by atoms with Crippen LogP contribution in [0, 0.1) is 0 Å². The SMILES string of the molecule is CC(O)C(NC(=O)CNC(=O)C(CCC(=O)O)NC(=O)C(N)CCCN=C(N)N)C(=O)O. The molecule has 0 aromatic rings. The third kappa shape index (κ3) is 12.3. The van der Waals surface area contributed by atoms with E-state index >= 15 is 0 Å². The molecule has 3 amide bonds. The van der Waals surface area contributed by atoms with Crippen molar-refractivity contribution in [3.8, 4) is 0 Å². The van der Waals surface area contributed by atoms with E-state index in [0.29, 0.717) is 6.42 Å². The molecule has 15 nitrogen and oxygen atoms in total. The lowest BCUT2D eigenvalue weighted by Gasteiger charge is -2.21. The molecule has 32 heavy (non-hydrogen) atoms. The molecule has 0 spiro atoms. The van der Waals surface area contributed by atoms with E-state index in [2.05, 4.69) is 15.6 Å². The fourth-order valence-corrected chi connectivity index (χ4v) is 2.37. The van der Waals surface area contributed by atoms with Crippen molar-refractivity contribution in [3.05, 3.63) is 0 Å². The smallest absolute Gasteiger partial charge is 0.328 e. The van der Waals surface area contributed by atoms with E-state index in [1.165, 1.54) is 0 Å². The maximum absolute atomic E-state index is 12.4. The van der Waals surface area contributed by atoms with Gasteiger partial charge in [0.2, 0.25) is 17.7 Å². The van der Waals surface area contributed by atoms with Crippen LogP contribution in [0.2, 0.25) is 0 Å². The Kier molecular flexibility index (Phi) is 13.0. The first-order valence-corrected chi connectivity index (χ1v) is 9.66. The maximum Gasteiger partial charge on any atom is 0.328 e. The summed E-state index contributed by atoms with van der Waals surface area (Å²) in [6, 6.07) is -3.91. The van der Waals surface area contributed by atoms with Crippen molar-refractivity contribution in [2.75, 3.05) is 13.1 Å². The summed E-state index contributed by atoms with van der Waals surface area (Å²) in [5.41, 5.74) is 16.1. The zero-order valence-corrected chi connectivity index (χ0v) is 17.6. The van der Waals surface area contributed by atoms with Crippen LogP contribution in [0.5, 0.6) is 0 Å². The van der Waals surface area contributed by atoms with E-state index in [-0.39, 0.29) is 25.3 Å². The number of carboxylic acids is 2. The molecule has 0 aromatic carbocycles. The molecule has 0 rings (SSSR count). The lowest BCUT2D eigenvalue weighted by molar-refractivity contribution is -0.144. The number of hydrogen-bond acceptors (Lipinski definition) is 8. The van der Waals surface area contributed by atoms with Gasteiger partial charge in [-0.25, -0.2) is 4.79 Å². The summed E-state index contributed by atoms with van der Waals surface area (Å²) in [5.74, 6) is -5.29. The number of nitrogens with two attached hydrogens (primary N) is 3.